The number of carbonyl (C=O) groups is 1. The molecule has 0 N–H and O–H groups in total. The first-order chi connectivity index (χ1) is 14.7. The van der Waals surface area contributed by atoms with Crippen LogP contribution in [-0.4, -0.2) is 21.9 Å². The van der Waals surface area contributed by atoms with Crippen molar-refractivity contribution < 1.29 is 4.79 Å². The maximum absolute atomic E-state index is 13.3. The van der Waals surface area contributed by atoms with E-state index in [0.717, 1.165) is 23.0 Å². The van der Waals surface area contributed by atoms with Gasteiger partial charge >= 0.3 is 0 Å². The zero-order valence-electron chi connectivity index (χ0n) is 17.3. The van der Waals surface area contributed by atoms with Gasteiger partial charge in [-0.2, -0.15) is 0 Å². The van der Waals surface area contributed by atoms with E-state index >= 15 is 0 Å². The Labute approximate surface area is 177 Å². The predicted octanol–water partition coefficient (Wildman–Crippen LogP) is 5.83. The molecule has 0 unspecified atom stereocenters. The Bertz CT molecular complexity index is 1190. The normalized spacial score (nSPS) is 10.8. The van der Waals surface area contributed by atoms with Crippen LogP contribution in [0.3, 0.4) is 0 Å². The molecule has 30 heavy (non-hydrogen) atoms. The molecule has 3 nitrogen and oxygen atoms in total. The monoisotopic (exact) mass is 394 g/mol. The highest BCUT2D eigenvalue weighted by Gasteiger charge is 2.17. The summed E-state index contributed by atoms with van der Waals surface area (Å²) in [7, 11) is 0. The second kappa shape index (κ2) is 8.83. The van der Waals surface area contributed by atoms with Crippen molar-refractivity contribution in [2.45, 2.75) is 20.0 Å². The molecular weight excluding hydrogens is 368 g/mol. The Kier molecular flexibility index (Phi) is 5.80. The van der Waals surface area contributed by atoms with Gasteiger partial charge in [-0.15, -0.1) is 6.58 Å². The molecule has 0 bridgehead atoms. The van der Waals surface area contributed by atoms with Gasteiger partial charge in [-0.1, -0.05) is 60.7 Å². The van der Waals surface area contributed by atoms with E-state index in [0.29, 0.717) is 18.7 Å². The maximum Gasteiger partial charge on any atom is 0.254 e. The first-order valence-electron chi connectivity index (χ1n) is 10.2. The number of benzene rings is 3. The molecule has 0 spiro atoms. The van der Waals surface area contributed by atoms with Gasteiger partial charge in [0.15, 0.2) is 0 Å². The van der Waals surface area contributed by atoms with Gasteiger partial charge < -0.3 is 9.47 Å². The van der Waals surface area contributed by atoms with Gasteiger partial charge in [0.2, 0.25) is 0 Å². The summed E-state index contributed by atoms with van der Waals surface area (Å²) in [5, 5.41) is 2.21. The van der Waals surface area contributed by atoms with E-state index in [2.05, 4.69) is 60.7 Å². The Morgan fingerprint density at radius 2 is 1.73 bits per heavy atom. The zero-order chi connectivity index (χ0) is 20.9. The Morgan fingerprint density at radius 3 is 2.53 bits per heavy atom. The van der Waals surface area contributed by atoms with Crippen molar-refractivity contribution in [3.63, 3.8) is 0 Å². The smallest absolute Gasteiger partial charge is 0.254 e. The lowest BCUT2D eigenvalue weighted by Crippen LogP contribution is -2.31. The molecule has 0 aliphatic rings. The van der Waals surface area contributed by atoms with Crippen molar-refractivity contribution in [2.75, 3.05) is 6.54 Å². The largest absolute Gasteiger partial charge is 0.345 e. The van der Waals surface area contributed by atoms with Gasteiger partial charge in [0.25, 0.3) is 5.91 Å². The van der Waals surface area contributed by atoms with Crippen LogP contribution in [0.4, 0.5) is 0 Å². The van der Waals surface area contributed by atoms with Gasteiger partial charge in [0.05, 0.1) is 6.54 Å². The third kappa shape index (κ3) is 4.20. The third-order valence-corrected chi connectivity index (χ3v) is 5.51. The fourth-order valence-corrected chi connectivity index (χ4v) is 3.79. The Morgan fingerprint density at radius 1 is 0.967 bits per heavy atom. The summed E-state index contributed by atoms with van der Waals surface area (Å²) in [6.07, 6.45) is 3.86. The minimum absolute atomic E-state index is 0.0179. The van der Waals surface area contributed by atoms with Crippen molar-refractivity contribution in [3.05, 3.63) is 120 Å². The number of hydrogen-bond acceptors (Lipinski definition) is 1. The summed E-state index contributed by atoms with van der Waals surface area (Å²) < 4.78 is 2.21. The van der Waals surface area contributed by atoms with Crippen molar-refractivity contribution in [1.82, 2.24) is 9.47 Å². The maximum atomic E-state index is 13.3. The number of aryl methyl sites for hydroxylation is 1. The Balaban J connectivity index is 1.58. The minimum Gasteiger partial charge on any atom is -0.345 e. The van der Waals surface area contributed by atoms with Crippen LogP contribution in [0.2, 0.25) is 0 Å². The molecule has 4 rings (SSSR count). The van der Waals surface area contributed by atoms with Gasteiger partial charge in [0.1, 0.15) is 0 Å². The second-order valence-electron chi connectivity index (χ2n) is 7.59. The van der Waals surface area contributed by atoms with Crippen LogP contribution in [-0.2, 0) is 13.1 Å². The number of aromatic nitrogens is 1. The number of rotatable bonds is 7. The molecule has 0 saturated carbocycles. The molecule has 0 aliphatic heterocycles. The summed E-state index contributed by atoms with van der Waals surface area (Å²) in [4.78, 5) is 15.1. The first kappa shape index (κ1) is 19.7. The lowest BCUT2D eigenvalue weighted by atomic mass is 10.1. The van der Waals surface area contributed by atoms with E-state index in [-0.39, 0.29) is 5.91 Å². The van der Waals surface area contributed by atoms with Crippen LogP contribution in [0.15, 0.2) is 97.7 Å². The van der Waals surface area contributed by atoms with Gasteiger partial charge in [0, 0.05) is 30.5 Å². The molecule has 0 saturated heterocycles. The molecule has 0 aliphatic carbocycles. The molecule has 3 aromatic carbocycles. The van der Waals surface area contributed by atoms with E-state index < -0.39 is 0 Å². The van der Waals surface area contributed by atoms with Crippen molar-refractivity contribution in [3.8, 4) is 0 Å². The van der Waals surface area contributed by atoms with Crippen LogP contribution in [0.5, 0.6) is 0 Å². The number of hydrogen-bond donors (Lipinski definition) is 0. The topological polar surface area (TPSA) is 25.2 Å². The van der Waals surface area contributed by atoms with Gasteiger partial charge in [-0.05, 0) is 53.1 Å². The highest BCUT2D eigenvalue weighted by Crippen LogP contribution is 2.19. The van der Waals surface area contributed by atoms with E-state index in [1.165, 1.54) is 11.1 Å². The summed E-state index contributed by atoms with van der Waals surface area (Å²) in [5.74, 6) is 0.0179. The second-order valence-corrected chi connectivity index (χ2v) is 7.59. The summed E-state index contributed by atoms with van der Waals surface area (Å²) in [5.41, 5.74) is 4.36. The fraction of sp³-hybridized carbons (Fsp3) is 0.148. The minimum atomic E-state index is 0.0179. The average Bonchev–Trinajstić information content (AvgIpc) is 3.21. The van der Waals surface area contributed by atoms with Crippen molar-refractivity contribution in [1.29, 1.82) is 0 Å². The van der Waals surface area contributed by atoms with Crippen LogP contribution in [0.25, 0.3) is 10.8 Å². The molecule has 1 aromatic heterocycles. The lowest BCUT2D eigenvalue weighted by molar-refractivity contribution is 0.0759. The Hall–Kier alpha value is -3.59. The number of nitrogens with zero attached hydrogens (tertiary/aromatic N) is 2. The van der Waals surface area contributed by atoms with E-state index in [9.17, 15) is 4.79 Å². The van der Waals surface area contributed by atoms with Crippen LogP contribution < -0.4 is 0 Å². The fourth-order valence-electron chi connectivity index (χ4n) is 3.79. The molecule has 0 radical (unpaired) electrons. The molecule has 3 heteroatoms. The zero-order valence-corrected chi connectivity index (χ0v) is 17.3. The predicted molar refractivity (Wildman–Crippen MR) is 124 cm³/mol. The number of amides is 1. The lowest BCUT2D eigenvalue weighted by Gasteiger charge is -2.23. The van der Waals surface area contributed by atoms with Crippen LogP contribution >= 0.6 is 0 Å². The first-order valence-corrected chi connectivity index (χ1v) is 10.2. The third-order valence-electron chi connectivity index (χ3n) is 5.51. The average molecular weight is 395 g/mol. The van der Waals surface area contributed by atoms with Crippen molar-refractivity contribution >= 4 is 16.7 Å². The standard InChI is InChI=1S/C27H26N2O/c1-3-16-29(27(30)24-15-14-22-10-6-7-11-23(22)18-24)20-26-13-8-17-28(26)19-25-12-5-4-9-21(25)2/h3-15,17-18H,1,16,19-20H2,2H3. The highest BCUT2D eigenvalue weighted by molar-refractivity contribution is 5.98. The molecule has 0 atom stereocenters. The van der Waals surface area contributed by atoms with E-state index in [1.807, 2.05) is 47.4 Å². The number of fused-ring (bicyclic) bond motifs is 1. The molecule has 1 amide bonds. The summed E-state index contributed by atoms with van der Waals surface area (Å²) >= 11 is 0. The molecule has 0 fully saturated rings. The molecular formula is C27H26N2O. The van der Waals surface area contributed by atoms with Crippen LogP contribution in [0, 0.1) is 6.92 Å². The van der Waals surface area contributed by atoms with Crippen molar-refractivity contribution in [2.24, 2.45) is 0 Å². The van der Waals surface area contributed by atoms with E-state index in [1.54, 1.807) is 6.08 Å². The van der Waals surface area contributed by atoms with Crippen LogP contribution in [0.1, 0.15) is 27.2 Å². The molecule has 1 heterocycles. The quantitative estimate of drug-likeness (QED) is 0.362. The SMILES string of the molecule is C=CCN(Cc1cccn1Cc1ccccc1C)C(=O)c1ccc2ccccc2c1. The molecule has 150 valence electrons. The highest BCUT2D eigenvalue weighted by atomic mass is 16.2. The molecule has 4 aromatic rings. The summed E-state index contributed by atoms with van der Waals surface area (Å²) in [6, 6.07) is 26.5. The van der Waals surface area contributed by atoms with E-state index in [4.69, 9.17) is 0 Å². The summed E-state index contributed by atoms with van der Waals surface area (Å²) in [6.45, 7) is 7.82. The van der Waals surface area contributed by atoms with Gasteiger partial charge in [-0.3, -0.25) is 4.79 Å². The number of carbonyl (C=O) groups excluding carboxylic acids is 1. The van der Waals surface area contributed by atoms with Gasteiger partial charge in [-0.25, -0.2) is 0 Å².